The number of carbonyl (C=O) groups excluding carboxylic acids is 3. The maximum atomic E-state index is 12.9. The number of amides is 4. The summed E-state index contributed by atoms with van der Waals surface area (Å²) in [4.78, 5) is 48.3. The standard InChI is InChI=1S/C22H26N5O3S/c1-15-13-23-20-18(21(29)25(3)22(30)24(20)2)19(15)31-14-17(28)27-11-9-26(10-12-27)16-7-5-4-6-8-16/h4-8,13,18H,9-12,14H2,1-3H3/q+1. The normalized spacial score (nSPS) is 21.8. The summed E-state index contributed by atoms with van der Waals surface area (Å²) >= 11 is 1.38. The number of benzene rings is 1. The van der Waals surface area contributed by atoms with E-state index in [2.05, 4.69) is 22.0 Å². The van der Waals surface area contributed by atoms with Crippen LogP contribution in [0.3, 0.4) is 0 Å². The molecular formula is C22H26N5O3S+. The van der Waals surface area contributed by atoms with Gasteiger partial charge in [-0.3, -0.25) is 9.59 Å². The van der Waals surface area contributed by atoms with Crippen LogP contribution in [-0.4, -0.2) is 90.3 Å². The van der Waals surface area contributed by atoms with E-state index in [4.69, 9.17) is 0 Å². The summed E-state index contributed by atoms with van der Waals surface area (Å²) in [5.41, 5.74) is 2.03. The van der Waals surface area contributed by atoms with E-state index in [0.717, 1.165) is 28.5 Å². The first kappa shape index (κ1) is 21.3. The van der Waals surface area contributed by atoms with Gasteiger partial charge in [0.1, 0.15) is 6.21 Å². The molecule has 0 N–H and O–H groups in total. The van der Waals surface area contributed by atoms with Gasteiger partial charge in [-0.05, 0) is 24.6 Å². The molecule has 162 valence electrons. The van der Waals surface area contributed by atoms with Gasteiger partial charge in [-0.15, -0.1) is 16.8 Å². The van der Waals surface area contributed by atoms with E-state index in [9.17, 15) is 14.4 Å². The lowest BCUT2D eigenvalue weighted by atomic mass is 9.99. The monoisotopic (exact) mass is 440 g/mol. The number of anilines is 1. The number of carbonyl (C=O) groups is 3. The third-order valence-corrected chi connectivity index (χ3v) is 7.16. The fraction of sp³-hybridized carbons (Fsp3) is 0.409. The molecule has 31 heavy (non-hydrogen) atoms. The molecule has 0 saturated carbocycles. The zero-order valence-corrected chi connectivity index (χ0v) is 18.8. The quantitative estimate of drug-likeness (QED) is 0.666. The number of amidine groups is 1. The van der Waals surface area contributed by atoms with E-state index < -0.39 is 11.9 Å². The Hall–Kier alpha value is -2.94. The molecule has 1 fully saturated rings. The lowest BCUT2D eigenvalue weighted by Gasteiger charge is -2.36. The van der Waals surface area contributed by atoms with Crippen molar-refractivity contribution in [3.8, 4) is 0 Å². The van der Waals surface area contributed by atoms with E-state index in [1.54, 1.807) is 13.3 Å². The lowest BCUT2D eigenvalue weighted by Crippen LogP contribution is -2.53. The number of thioether (sulfide) groups is 1. The highest BCUT2D eigenvalue weighted by atomic mass is 32.2. The molecule has 1 saturated heterocycles. The van der Waals surface area contributed by atoms with Crippen LogP contribution in [0.4, 0.5) is 10.5 Å². The number of hydrogen-bond donors (Lipinski definition) is 0. The van der Waals surface area contributed by atoms with Crippen LogP contribution in [-0.2, 0) is 9.59 Å². The molecule has 0 radical (unpaired) electrons. The van der Waals surface area contributed by atoms with Crippen LogP contribution in [0, 0.1) is 5.92 Å². The van der Waals surface area contributed by atoms with Gasteiger partial charge in [0, 0.05) is 36.8 Å². The minimum Gasteiger partial charge on any atom is -0.368 e. The second-order valence-corrected chi connectivity index (χ2v) is 8.84. The van der Waals surface area contributed by atoms with Crippen molar-refractivity contribution in [2.75, 3.05) is 50.9 Å². The highest BCUT2D eigenvalue weighted by molar-refractivity contribution is 8.03. The summed E-state index contributed by atoms with van der Waals surface area (Å²) in [6.07, 6.45) is 1.67. The van der Waals surface area contributed by atoms with Gasteiger partial charge < -0.3 is 9.80 Å². The highest BCUT2D eigenvalue weighted by Crippen LogP contribution is 2.34. The summed E-state index contributed by atoms with van der Waals surface area (Å²) in [5, 5.41) is 0. The molecule has 0 bridgehead atoms. The van der Waals surface area contributed by atoms with Crippen molar-refractivity contribution in [1.82, 2.24) is 9.80 Å². The average molecular weight is 441 g/mol. The van der Waals surface area contributed by atoms with Crippen LogP contribution in [0.1, 0.15) is 6.92 Å². The van der Waals surface area contributed by atoms with Gasteiger partial charge in [0.25, 0.3) is 5.84 Å². The number of imide groups is 1. The summed E-state index contributed by atoms with van der Waals surface area (Å²) in [5.74, 6) is -0.205. The summed E-state index contributed by atoms with van der Waals surface area (Å²) in [6.45, 7) is 4.83. The Morgan fingerprint density at radius 1 is 1.16 bits per heavy atom. The number of nitrogens with zero attached hydrogens (tertiary/aromatic N) is 5. The van der Waals surface area contributed by atoms with Gasteiger partial charge in [0.15, 0.2) is 5.92 Å². The first-order valence-corrected chi connectivity index (χ1v) is 11.2. The van der Waals surface area contributed by atoms with E-state index in [1.165, 1.54) is 29.1 Å². The van der Waals surface area contributed by atoms with E-state index in [1.807, 2.05) is 30.0 Å². The Bertz CT molecular complexity index is 1010. The Morgan fingerprint density at radius 3 is 2.52 bits per heavy atom. The largest absolute Gasteiger partial charge is 0.445 e. The summed E-state index contributed by atoms with van der Waals surface area (Å²) in [6, 6.07) is 9.81. The molecule has 1 aromatic rings. The predicted molar refractivity (Wildman–Crippen MR) is 122 cm³/mol. The molecule has 0 aromatic heterocycles. The molecule has 4 rings (SSSR count). The van der Waals surface area contributed by atoms with Crippen molar-refractivity contribution >= 4 is 47.3 Å². The molecule has 1 unspecified atom stereocenters. The summed E-state index contributed by atoms with van der Waals surface area (Å²) < 4.78 is 1.40. The number of allylic oxidation sites excluding steroid dienone is 1. The summed E-state index contributed by atoms with van der Waals surface area (Å²) in [7, 11) is 3.09. The smallest absolute Gasteiger partial charge is 0.368 e. The maximum absolute atomic E-state index is 12.9. The fourth-order valence-corrected chi connectivity index (χ4v) is 5.16. The zero-order chi connectivity index (χ0) is 22.1. The second kappa shape index (κ2) is 8.66. The van der Waals surface area contributed by atoms with Gasteiger partial charge in [-0.1, -0.05) is 18.2 Å². The van der Waals surface area contributed by atoms with Crippen molar-refractivity contribution < 1.29 is 19.0 Å². The number of piperazine rings is 1. The Labute approximate surface area is 185 Å². The number of hydrogen-bond acceptors (Lipinski definition) is 6. The second-order valence-electron chi connectivity index (χ2n) is 7.83. The average Bonchev–Trinajstić information content (AvgIpc) is 2.80. The number of rotatable bonds is 4. The minimum absolute atomic E-state index is 0.0584. The molecule has 0 spiro atoms. The number of fused-ring (bicyclic) bond motifs is 1. The molecule has 3 aliphatic heterocycles. The van der Waals surface area contributed by atoms with Crippen LogP contribution in [0.15, 0.2) is 45.8 Å². The van der Waals surface area contributed by atoms with Crippen molar-refractivity contribution in [2.45, 2.75) is 6.92 Å². The molecular weight excluding hydrogens is 414 g/mol. The Kier molecular flexibility index (Phi) is 5.95. The molecule has 1 aromatic carbocycles. The molecule has 8 nitrogen and oxygen atoms in total. The first-order chi connectivity index (χ1) is 14.9. The lowest BCUT2D eigenvalue weighted by molar-refractivity contribution is -0.407. The number of para-hydroxylation sites is 1. The van der Waals surface area contributed by atoms with Crippen molar-refractivity contribution in [3.05, 3.63) is 40.8 Å². The highest BCUT2D eigenvalue weighted by Gasteiger charge is 2.48. The third kappa shape index (κ3) is 4.01. The molecule has 1 atom stereocenters. The molecule has 0 aliphatic carbocycles. The van der Waals surface area contributed by atoms with Gasteiger partial charge in [-0.2, -0.15) is 9.48 Å². The van der Waals surface area contributed by atoms with Crippen molar-refractivity contribution in [3.63, 3.8) is 0 Å². The first-order valence-electron chi connectivity index (χ1n) is 10.3. The molecule has 3 aliphatic rings. The van der Waals surface area contributed by atoms with Crippen LogP contribution in [0.2, 0.25) is 0 Å². The van der Waals surface area contributed by atoms with E-state index in [-0.39, 0.29) is 17.6 Å². The zero-order valence-electron chi connectivity index (χ0n) is 17.9. The minimum atomic E-state index is -0.634. The van der Waals surface area contributed by atoms with Gasteiger partial charge in [0.2, 0.25) is 5.91 Å². The number of urea groups is 1. The number of aliphatic imine (C=N–C) groups is 1. The van der Waals surface area contributed by atoms with Gasteiger partial charge in [0.05, 0.1) is 19.8 Å². The van der Waals surface area contributed by atoms with Crippen LogP contribution < -0.4 is 4.90 Å². The topological polar surface area (TPSA) is 76.3 Å². The van der Waals surface area contributed by atoms with E-state index >= 15 is 0 Å². The Morgan fingerprint density at radius 2 is 1.84 bits per heavy atom. The van der Waals surface area contributed by atoms with Crippen molar-refractivity contribution in [1.29, 1.82) is 0 Å². The number of dihydropyridines is 1. The Balaban J connectivity index is 1.41. The molecule has 3 heterocycles. The fourth-order valence-electron chi connectivity index (χ4n) is 4.04. The molecule has 9 heteroatoms. The maximum Gasteiger partial charge on any atom is 0.445 e. The van der Waals surface area contributed by atoms with E-state index in [0.29, 0.717) is 18.9 Å². The molecule has 4 amide bonds. The van der Waals surface area contributed by atoms with Gasteiger partial charge >= 0.3 is 11.9 Å². The van der Waals surface area contributed by atoms with Crippen LogP contribution in [0.25, 0.3) is 0 Å². The van der Waals surface area contributed by atoms with Crippen LogP contribution >= 0.6 is 11.8 Å². The predicted octanol–water partition coefficient (Wildman–Crippen LogP) is 1.68. The van der Waals surface area contributed by atoms with Crippen molar-refractivity contribution in [2.24, 2.45) is 10.9 Å². The van der Waals surface area contributed by atoms with Gasteiger partial charge in [-0.25, -0.2) is 4.79 Å². The third-order valence-electron chi connectivity index (χ3n) is 5.90. The SMILES string of the molecule is CC1=C(SCC(=O)N2CCN(c3ccccc3)CC2)C2C(=O)N(C)C(=O)[N+](C)=C2N=C1. The van der Waals surface area contributed by atoms with Crippen LogP contribution in [0.5, 0.6) is 0 Å².